The molecule has 2 aliphatic rings. The van der Waals surface area contributed by atoms with Crippen LogP contribution in [0.5, 0.6) is 0 Å². The normalized spacial score (nSPS) is 18.9. The van der Waals surface area contributed by atoms with Crippen molar-refractivity contribution >= 4 is 58.2 Å². The molecule has 0 spiro atoms. The van der Waals surface area contributed by atoms with Gasteiger partial charge in [0.25, 0.3) is 0 Å². The SMILES string of the molecule is CCOC(=O)c1ccc(NC(=O)Cn2c3c(sc2=O)[C@@H](c2ccc(C(C)(C)C)cc2)C2C(=O)N(c4cccc(C(F)(F)F)c4)C(=O)C2S3)cc1. The van der Waals surface area contributed by atoms with Gasteiger partial charge in [0.05, 0.1) is 34.4 Å². The van der Waals surface area contributed by atoms with Gasteiger partial charge >= 0.3 is 17.0 Å². The lowest BCUT2D eigenvalue weighted by molar-refractivity contribution is -0.137. The van der Waals surface area contributed by atoms with Crippen molar-refractivity contribution in [2.45, 2.75) is 62.0 Å². The molecule has 6 rings (SSSR count). The fourth-order valence-corrected chi connectivity index (χ4v) is 8.90. The number of anilines is 2. The number of esters is 1. The molecule has 3 amide bonds. The van der Waals surface area contributed by atoms with Crippen molar-refractivity contribution in [2.24, 2.45) is 5.92 Å². The van der Waals surface area contributed by atoms with Gasteiger partial charge in [-0.2, -0.15) is 13.2 Å². The maximum absolute atomic E-state index is 14.1. The minimum absolute atomic E-state index is 0.186. The maximum Gasteiger partial charge on any atom is 0.416 e. The summed E-state index contributed by atoms with van der Waals surface area (Å²) in [6, 6.07) is 17.6. The van der Waals surface area contributed by atoms with Crippen molar-refractivity contribution in [1.82, 2.24) is 4.57 Å². The number of rotatable bonds is 7. The summed E-state index contributed by atoms with van der Waals surface area (Å²) in [6.45, 7) is 7.63. The molecule has 1 aromatic heterocycles. The molecular weight excluding hydrogens is 692 g/mol. The second-order valence-electron chi connectivity index (χ2n) is 12.9. The van der Waals surface area contributed by atoms with Gasteiger partial charge in [0.1, 0.15) is 11.8 Å². The van der Waals surface area contributed by atoms with E-state index in [1.54, 1.807) is 6.92 Å². The molecular formula is C36H32F3N3O6S2. The maximum atomic E-state index is 14.1. The van der Waals surface area contributed by atoms with Crippen LogP contribution in [0.15, 0.2) is 82.6 Å². The molecule has 50 heavy (non-hydrogen) atoms. The molecule has 3 heterocycles. The number of amides is 3. The zero-order valence-corrected chi connectivity index (χ0v) is 29.0. The monoisotopic (exact) mass is 723 g/mol. The largest absolute Gasteiger partial charge is 0.462 e. The van der Waals surface area contributed by atoms with E-state index in [0.717, 1.165) is 51.8 Å². The average Bonchev–Trinajstić information content (AvgIpc) is 3.50. The molecule has 260 valence electrons. The number of imide groups is 1. The first kappa shape index (κ1) is 35.1. The van der Waals surface area contributed by atoms with Crippen molar-refractivity contribution in [1.29, 1.82) is 0 Å². The van der Waals surface area contributed by atoms with Gasteiger partial charge < -0.3 is 10.1 Å². The smallest absolute Gasteiger partial charge is 0.416 e. The van der Waals surface area contributed by atoms with Crippen LogP contribution in [0.3, 0.4) is 0 Å². The van der Waals surface area contributed by atoms with Crippen LogP contribution in [0, 0.1) is 5.92 Å². The molecule has 2 aliphatic heterocycles. The highest BCUT2D eigenvalue weighted by Crippen LogP contribution is 2.54. The number of thioether (sulfide) groups is 1. The Balaban J connectivity index is 1.37. The minimum Gasteiger partial charge on any atom is -0.462 e. The highest BCUT2D eigenvalue weighted by Gasteiger charge is 2.57. The summed E-state index contributed by atoms with van der Waals surface area (Å²) in [7, 11) is 0. The lowest BCUT2D eigenvalue weighted by Gasteiger charge is -2.31. The van der Waals surface area contributed by atoms with E-state index in [-0.39, 0.29) is 17.7 Å². The van der Waals surface area contributed by atoms with Crippen LogP contribution in [-0.4, -0.2) is 40.1 Å². The van der Waals surface area contributed by atoms with Gasteiger partial charge in [-0.25, -0.2) is 9.69 Å². The Morgan fingerprint density at radius 2 is 1.58 bits per heavy atom. The Morgan fingerprint density at radius 1 is 0.900 bits per heavy atom. The van der Waals surface area contributed by atoms with Gasteiger partial charge in [0.15, 0.2) is 0 Å². The molecule has 1 N–H and O–H groups in total. The Kier molecular flexibility index (Phi) is 9.29. The first-order valence-corrected chi connectivity index (χ1v) is 17.4. The van der Waals surface area contributed by atoms with Gasteiger partial charge in [-0.05, 0) is 65.9 Å². The van der Waals surface area contributed by atoms with Crippen molar-refractivity contribution in [3.05, 3.63) is 110 Å². The quantitative estimate of drug-likeness (QED) is 0.164. The molecule has 2 unspecified atom stereocenters. The fraction of sp³-hybridized carbons (Fsp3) is 0.306. The third-order valence-electron chi connectivity index (χ3n) is 8.60. The number of benzene rings is 3. The van der Waals surface area contributed by atoms with E-state index >= 15 is 0 Å². The van der Waals surface area contributed by atoms with Gasteiger partial charge in [-0.3, -0.25) is 23.7 Å². The number of carbonyl (C=O) groups excluding carboxylic acids is 4. The number of hydrogen-bond acceptors (Lipinski definition) is 8. The van der Waals surface area contributed by atoms with E-state index in [2.05, 4.69) is 5.32 Å². The first-order valence-electron chi connectivity index (χ1n) is 15.7. The highest BCUT2D eigenvalue weighted by molar-refractivity contribution is 8.00. The predicted molar refractivity (Wildman–Crippen MR) is 184 cm³/mol. The molecule has 4 aromatic rings. The number of halogens is 3. The van der Waals surface area contributed by atoms with Crippen LogP contribution in [-0.2, 0) is 37.3 Å². The molecule has 1 fully saturated rings. The summed E-state index contributed by atoms with van der Waals surface area (Å²) in [5, 5.41) is 1.97. The second kappa shape index (κ2) is 13.2. The predicted octanol–water partition coefficient (Wildman–Crippen LogP) is 6.84. The van der Waals surface area contributed by atoms with Gasteiger partial charge in [-0.1, -0.05) is 74.2 Å². The Hall–Kier alpha value is -4.69. The molecule has 3 aromatic carbocycles. The Morgan fingerprint density at radius 3 is 2.20 bits per heavy atom. The van der Waals surface area contributed by atoms with E-state index in [1.165, 1.54) is 34.9 Å². The molecule has 0 bridgehead atoms. The summed E-state index contributed by atoms with van der Waals surface area (Å²) < 4.78 is 47.1. The number of hydrogen-bond donors (Lipinski definition) is 1. The summed E-state index contributed by atoms with van der Waals surface area (Å²) >= 11 is 1.83. The molecule has 1 saturated heterocycles. The third-order valence-corrected chi connectivity index (χ3v) is 11.2. The molecule has 14 heteroatoms. The number of alkyl halides is 3. The van der Waals surface area contributed by atoms with Crippen LogP contribution < -0.4 is 15.1 Å². The zero-order chi connectivity index (χ0) is 36.1. The Bertz CT molecular complexity index is 2050. The zero-order valence-electron chi connectivity index (χ0n) is 27.4. The summed E-state index contributed by atoms with van der Waals surface area (Å²) in [5.41, 5.74) is 0.965. The number of fused-ring (bicyclic) bond motifs is 2. The standard InChI is InChI=1S/C36H32F3N3O6S2/c1-5-48-33(46)20-11-15-23(16-12-20)40-25(43)18-41-32-29(50-34(41)47)26(19-9-13-21(14-10-19)35(2,3)4)27-28(49-32)31(45)42(30(27)44)24-8-6-7-22(17-24)36(37,38)39/h6-17,26-28H,5,18H2,1-4H3,(H,40,43)/t26-,27?,28?/m0/s1. The van der Waals surface area contributed by atoms with E-state index in [1.807, 2.05) is 45.0 Å². The third kappa shape index (κ3) is 6.61. The van der Waals surface area contributed by atoms with Gasteiger partial charge in [0, 0.05) is 16.5 Å². The van der Waals surface area contributed by atoms with Crippen LogP contribution in [0.25, 0.3) is 0 Å². The lowest BCUT2D eigenvalue weighted by Crippen LogP contribution is -2.33. The van der Waals surface area contributed by atoms with Gasteiger partial charge in [0.2, 0.25) is 17.7 Å². The number of ether oxygens (including phenoxy) is 1. The van der Waals surface area contributed by atoms with E-state index in [0.29, 0.717) is 26.7 Å². The molecule has 3 atom stereocenters. The average molecular weight is 724 g/mol. The van der Waals surface area contributed by atoms with Crippen molar-refractivity contribution < 1.29 is 37.1 Å². The summed E-state index contributed by atoms with van der Waals surface area (Å²) in [4.78, 5) is 67.7. The van der Waals surface area contributed by atoms with E-state index < -0.39 is 63.9 Å². The van der Waals surface area contributed by atoms with Crippen molar-refractivity contribution in [2.75, 3.05) is 16.8 Å². The van der Waals surface area contributed by atoms with Crippen LogP contribution >= 0.6 is 23.1 Å². The molecule has 0 saturated carbocycles. The first-order chi connectivity index (χ1) is 23.6. The number of carbonyl (C=O) groups is 4. The molecule has 0 radical (unpaired) electrons. The summed E-state index contributed by atoms with van der Waals surface area (Å²) in [6.07, 6.45) is -4.69. The van der Waals surface area contributed by atoms with Crippen molar-refractivity contribution in [3.8, 4) is 0 Å². The Labute approximate surface area is 293 Å². The topological polar surface area (TPSA) is 115 Å². The number of thiazole rings is 1. The molecule has 9 nitrogen and oxygen atoms in total. The van der Waals surface area contributed by atoms with Crippen LogP contribution in [0.1, 0.15) is 65.5 Å². The number of nitrogens with zero attached hydrogens (tertiary/aromatic N) is 2. The second-order valence-corrected chi connectivity index (χ2v) is 15.1. The number of nitrogens with one attached hydrogen (secondary N) is 1. The van der Waals surface area contributed by atoms with E-state index in [4.69, 9.17) is 4.74 Å². The number of aromatic nitrogens is 1. The van der Waals surface area contributed by atoms with E-state index in [9.17, 15) is 37.1 Å². The minimum atomic E-state index is -4.69. The lowest BCUT2D eigenvalue weighted by atomic mass is 9.81. The molecule has 0 aliphatic carbocycles. The van der Waals surface area contributed by atoms with Crippen LogP contribution in [0.4, 0.5) is 24.5 Å². The summed E-state index contributed by atoms with van der Waals surface area (Å²) in [5.74, 6) is -4.24. The van der Waals surface area contributed by atoms with Crippen LogP contribution in [0.2, 0.25) is 0 Å². The highest BCUT2D eigenvalue weighted by atomic mass is 32.2. The van der Waals surface area contributed by atoms with Crippen molar-refractivity contribution in [3.63, 3.8) is 0 Å². The van der Waals surface area contributed by atoms with Gasteiger partial charge in [-0.15, -0.1) is 0 Å². The fourth-order valence-electron chi connectivity index (χ4n) is 6.13.